The van der Waals surface area contributed by atoms with Gasteiger partial charge >= 0.3 is 5.76 Å². The normalized spacial score (nSPS) is 14.8. The Balaban J connectivity index is 1.98. The molecule has 3 rings (SSSR count). The van der Waals surface area contributed by atoms with Crippen LogP contribution in [-0.4, -0.2) is 33.4 Å². The first-order valence-corrected chi connectivity index (χ1v) is 6.62. The standard InChI is InChI=1S/C13H13N3O5/c17-12(14-5-1-2-6-14)8-15-10-7-9(16(19)20)3-4-11(10)21-13(15)18/h3-4,7H,1-2,5-6,8H2. The van der Waals surface area contributed by atoms with Gasteiger partial charge in [0.1, 0.15) is 6.54 Å². The summed E-state index contributed by atoms with van der Waals surface area (Å²) in [6.45, 7) is 1.21. The Bertz CT molecular complexity index is 770. The van der Waals surface area contributed by atoms with Crippen LogP contribution in [0.1, 0.15) is 12.8 Å². The highest BCUT2D eigenvalue weighted by Gasteiger charge is 2.21. The molecule has 2 heterocycles. The van der Waals surface area contributed by atoms with Crippen LogP contribution in [0.5, 0.6) is 0 Å². The van der Waals surface area contributed by atoms with Gasteiger partial charge in [-0.3, -0.25) is 19.5 Å². The maximum atomic E-state index is 12.1. The van der Waals surface area contributed by atoms with Crippen molar-refractivity contribution < 1.29 is 14.1 Å². The number of benzene rings is 1. The summed E-state index contributed by atoms with van der Waals surface area (Å²) >= 11 is 0. The lowest BCUT2D eigenvalue weighted by atomic mass is 10.3. The molecule has 1 aliphatic rings. The van der Waals surface area contributed by atoms with Crippen molar-refractivity contribution >= 4 is 22.7 Å². The molecule has 110 valence electrons. The molecular formula is C13H13N3O5. The zero-order valence-corrected chi connectivity index (χ0v) is 11.2. The van der Waals surface area contributed by atoms with Crippen LogP contribution in [-0.2, 0) is 11.3 Å². The number of nitrogens with zero attached hydrogens (tertiary/aromatic N) is 3. The summed E-state index contributed by atoms with van der Waals surface area (Å²) < 4.78 is 6.15. The minimum Gasteiger partial charge on any atom is -0.408 e. The van der Waals surface area contributed by atoms with Gasteiger partial charge in [-0.05, 0) is 18.9 Å². The first-order valence-electron chi connectivity index (χ1n) is 6.62. The average molecular weight is 291 g/mol. The van der Waals surface area contributed by atoms with Crippen molar-refractivity contribution in [3.63, 3.8) is 0 Å². The summed E-state index contributed by atoms with van der Waals surface area (Å²) in [5.41, 5.74) is 0.354. The zero-order chi connectivity index (χ0) is 15.0. The molecule has 0 atom stereocenters. The minimum atomic E-state index is -0.682. The van der Waals surface area contributed by atoms with Crippen LogP contribution in [0.4, 0.5) is 5.69 Å². The van der Waals surface area contributed by atoms with Crippen molar-refractivity contribution in [3.05, 3.63) is 38.9 Å². The minimum absolute atomic E-state index is 0.148. The van der Waals surface area contributed by atoms with Crippen molar-refractivity contribution in [2.45, 2.75) is 19.4 Å². The van der Waals surface area contributed by atoms with E-state index in [9.17, 15) is 19.7 Å². The molecule has 21 heavy (non-hydrogen) atoms. The van der Waals surface area contributed by atoms with E-state index in [0.717, 1.165) is 17.4 Å². The number of hydrogen-bond donors (Lipinski definition) is 0. The fourth-order valence-electron chi connectivity index (χ4n) is 2.52. The molecule has 8 nitrogen and oxygen atoms in total. The highest BCUT2D eigenvalue weighted by molar-refractivity contribution is 5.81. The maximum Gasteiger partial charge on any atom is 0.420 e. The molecule has 1 amide bonds. The second-order valence-corrected chi connectivity index (χ2v) is 4.95. The molecule has 0 bridgehead atoms. The van der Waals surface area contributed by atoms with Crippen LogP contribution in [0.3, 0.4) is 0 Å². The summed E-state index contributed by atoms with van der Waals surface area (Å²) in [5, 5.41) is 10.8. The van der Waals surface area contributed by atoms with E-state index in [0.29, 0.717) is 13.1 Å². The number of likely N-dealkylation sites (tertiary alicyclic amines) is 1. The SMILES string of the molecule is O=C(Cn1c(=O)oc2ccc([N+](=O)[O-])cc21)N1CCCC1. The van der Waals surface area contributed by atoms with Gasteiger partial charge in [-0.1, -0.05) is 0 Å². The molecule has 1 saturated heterocycles. The molecular weight excluding hydrogens is 278 g/mol. The quantitative estimate of drug-likeness (QED) is 0.623. The first-order chi connectivity index (χ1) is 10.1. The van der Waals surface area contributed by atoms with Crippen LogP contribution in [0.25, 0.3) is 11.1 Å². The molecule has 0 radical (unpaired) electrons. The summed E-state index contributed by atoms with van der Waals surface area (Å²) in [7, 11) is 0. The average Bonchev–Trinajstić information content (AvgIpc) is 3.07. The van der Waals surface area contributed by atoms with Gasteiger partial charge in [-0.2, -0.15) is 0 Å². The Hall–Kier alpha value is -2.64. The van der Waals surface area contributed by atoms with Crippen molar-refractivity contribution in [2.75, 3.05) is 13.1 Å². The number of nitro groups is 1. The van der Waals surface area contributed by atoms with E-state index >= 15 is 0 Å². The maximum absolute atomic E-state index is 12.1. The lowest BCUT2D eigenvalue weighted by Crippen LogP contribution is -2.33. The van der Waals surface area contributed by atoms with Crippen molar-refractivity contribution in [2.24, 2.45) is 0 Å². The third-order valence-electron chi connectivity index (χ3n) is 3.61. The summed E-state index contributed by atoms with van der Waals surface area (Å²) in [6.07, 6.45) is 1.91. The number of amides is 1. The van der Waals surface area contributed by atoms with E-state index < -0.39 is 10.7 Å². The number of carbonyl (C=O) groups excluding carboxylic acids is 1. The molecule has 1 aromatic carbocycles. The molecule has 0 N–H and O–H groups in total. The molecule has 0 saturated carbocycles. The van der Waals surface area contributed by atoms with Gasteiger partial charge in [-0.15, -0.1) is 0 Å². The topological polar surface area (TPSA) is 98.6 Å². The number of fused-ring (bicyclic) bond motifs is 1. The molecule has 8 heteroatoms. The predicted molar refractivity (Wildman–Crippen MR) is 72.9 cm³/mol. The van der Waals surface area contributed by atoms with Crippen LogP contribution in [0.2, 0.25) is 0 Å². The number of carbonyl (C=O) groups is 1. The summed E-state index contributed by atoms with van der Waals surface area (Å²) in [5.74, 6) is -0.859. The fraction of sp³-hybridized carbons (Fsp3) is 0.385. The molecule has 1 aromatic heterocycles. The number of rotatable bonds is 3. The van der Waals surface area contributed by atoms with Crippen LogP contribution >= 0.6 is 0 Å². The Morgan fingerprint density at radius 1 is 1.33 bits per heavy atom. The lowest BCUT2D eigenvalue weighted by molar-refractivity contribution is -0.384. The second-order valence-electron chi connectivity index (χ2n) is 4.95. The van der Waals surface area contributed by atoms with E-state index in [2.05, 4.69) is 0 Å². The second kappa shape index (κ2) is 5.04. The van der Waals surface area contributed by atoms with Gasteiger partial charge in [0.05, 0.1) is 10.4 Å². The molecule has 2 aromatic rings. The largest absolute Gasteiger partial charge is 0.420 e. The van der Waals surface area contributed by atoms with E-state index in [1.165, 1.54) is 18.2 Å². The molecule has 1 aliphatic heterocycles. The van der Waals surface area contributed by atoms with E-state index in [1.807, 2.05) is 0 Å². The van der Waals surface area contributed by atoms with Gasteiger partial charge < -0.3 is 9.32 Å². The third-order valence-corrected chi connectivity index (χ3v) is 3.61. The third kappa shape index (κ3) is 2.39. The molecule has 0 spiro atoms. The Morgan fingerprint density at radius 3 is 2.71 bits per heavy atom. The van der Waals surface area contributed by atoms with Gasteiger partial charge in [-0.25, -0.2) is 4.79 Å². The number of aromatic nitrogens is 1. The first kappa shape index (κ1) is 13.3. The smallest absolute Gasteiger partial charge is 0.408 e. The van der Waals surface area contributed by atoms with Gasteiger partial charge in [0, 0.05) is 25.2 Å². The molecule has 0 aliphatic carbocycles. The fourth-order valence-corrected chi connectivity index (χ4v) is 2.52. The summed E-state index contributed by atoms with van der Waals surface area (Å²) in [6, 6.07) is 3.88. The highest BCUT2D eigenvalue weighted by Crippen LogP contribution is 2.20. The van der Waals surface area contributed by atoms with Crippen molar-refractivity contribution in [3.8, 4) is 0 Å². The number of oxazole rings is 1. The Morgan fingerprint density at radius 2 is 2.05 bits per heavy atom. The van der Waals surface area contributed by atoms with Gasteiger partial charge in [0.15, 0.2) is 5.58 Å². The van der Waals surface area contributed by atoms with E-state index in [-0.39, 0.29) is 29.2 Å². The van der Waals surface area contributed by atoms with E-state index in [4.69, 9.17) is 4.42 Å². The van der Waals surface area contributed by atoms with Crippen molar-refractivity contribution in [1.29, 1.82) is 0 Å². The van der Waals surface area contributed by atoms with E-state index in [1.54, 1.807) is 4.90 Å². The van der Waals surface area contributed by atoms with Crippen LogP contribution in [0.15, 0.2) is 27.4 Å². The molecule has 0 unspecified atom stereocenters. The zero-order valence-electron chi connectivity index (χ0n) is 11.2. The van der Waals surface area contributed by atoms with Gasteiger partial charge in [0.2, 0.25) is 5.91 Å². The Kier molecular flexibility index (Phi) is 3.20. The lowest BCUT2D eigenvalue weighted by Gasteiger charge is -2.14. The number of hydrogen-bond acceptors (Lipinski definition) is 5. The Labute approximate surface area is 118 Å². The number of non-ortho nitro benzene ring substituents is 1. The van der Waals surface area contributed by atoms with Crippen LogP contribution < -0.4 is 5.76 Å². The van der Waals surface area contributed by atoms with Gasteiger partial charge in [0.25, 0.3) is 5.69 Å². The number of nitro benzene ring substituents is 1. The van der Waals surface area contributed by atoms with Crippen LogP contribution in [0, 0.1) is 10.1 Å². The molecule has 1 fully saturated rings. The summed E-state index contributed by atoms with van der Waals surface area (Å²) in [4.78, 5) is 35.9. The predicted octanol–water partition coefficient (Wildman–Crippen LogP) is 1.13. The monoisotopic (exact) mass is 291 g/mol. The highest BCUT2D eigenvalue weighted by atomic mass is 16.6. The van der Waals surface area contributed by atoms with Crippen molar-refractivity contribution in [1.82, 2.24) is 9.47 Å².